The number of hydrogen-bond acceptors (Lipinski definition) is 5. The number of rotatable bonds is 9. The molecule has 0 aromatic heterocycles. The molecule has 2 heterocycles. The molecule has 1 aliphatic carbocycles. The third kappa shape index (κ3) is 4.73. The molecule has 180 valence electrons. The van der Waals surface area contributed by atoms with Crippen molar-refractivity contribution in [2.45, 2.75) is 68.8 Å². The van der Waals surface area contributed by atoms with E-state index in [-0.39, 0.29) is 0 Å². The van der Waals surface area contributed by atoms with Gasteiger partial charge < -0.3 is 0 Å². The first kappa shape index (κ1) is 25.1. The Hall–Kier alpha value is -0.00506. The molecule has 32 heavy (non-hydrogen) atoms. The van der Waals surface area contributed by atoms with Crippen LogP contribution in [0.4, 0.5) is 0 Å². The van der Waals surface area contributed by atoms with Crippen LogP contribution in [0.25, 0.3) is 0 Å². The van der Waals surface area contributed by atoms with E-state index in [9.17, 15) is 5.11 Å². The van der Waals surface area contributed by atoms with Gasteiger partial charge in [0.05, 0.1) is 0 Å². The molecule has 0 radical (unpaired) electrons. The van der Waals surface area contributed by atoms with Crippen molar-refractivity contribution < 1.29 is 14.6 Å². The quantitative estimate of drug-likeness (QED) is 0.389. The zero-order valence-electron chi connectivity index (χ0n) is 20.0. The van der Waals surface area contributed by atoms with Gasteiger partial charge in [-0.05, 0) is 0 Å². The van der Waals surface area contributed by atoms with Crippen LogP contribution in [0.5, 0.6) is 0 Å². The fourth-order valence-corrected chi connectivity index (χ4v) is 13.9. The van der Waals surface area contributed by atoms with Crippen LogP contribution in [-0.4, -0.2) is 80.3 Å². The first-order valence-corrected chi connectivity index (χ1v) is 15.7. The van der Waals surface area contributed by atoms with Gasteiger partial charge in [0.2, 0.25) is 0 Å². The minimum absolute atomic E-state index is 0.304. The SMILES string of the molecule is B[PH](C1CCC[C@H]1[C@@H](O)c1ccccc1Br)(N1CCC[C@H]1COC)N1CCC[C@H]1COC. The fourth-order valence-electron chi connectivity index (χ4n) is 7.18. The van der Waals surface area contributed by atoms with Crippen LogP contribution in [0.1, 0.15) is 56.6 Å². The van der Waals surface area contributed by atoms with Crippen molar-refractivity contribution in [1.29, 1.82) is 0 Å². The third-order valence-corrected chi connectivity index (χ3v) is 14.9. The second kappa shape index (κ2) is 11.2. The van der Waals surface area contributed by atoms with E-state index in [1.807, 2.05) is 26.4 Å². The molecular weight excluding hydrogens is 486 g/mol. The van der Waals surface area contributed by atoms with Crippen LogP contribution >= 0.6 is 23.4 Å². The monoisotopic (exact) mass is 526 g/mol. The molecule has 1 aromatic rings. The van der Waals surface area contributed by atoms with Crippen molar-refractivity contribution in [3.05, 3.63) is 34.3 Å². The molecule has 5 atom stereocenters. The van der Waals surface area contributed by atoms with Crippen LogP contribution < -0.4 is 0 Å². The van der Waals surface area contributed by atoms with E-state index >= 15 is 0 Å². The molecule has 4 rings (SSSR count). The zero-order chi connectivity index (χ0) is 22.7. The van der Waals surface area contributed by atoms with E-state index in [0.717, 1.165) is 29.7 Å². The number of methoxy groups -OCH3 is 2. The van der Waals surface area contributed by atoms with Crippen molar-refractivity contribution in [2.24, 2.45) is 5.92 Å². The number of benzene rings is 1. The molecule has 1 saturated carbocycles. The third-order valence-electron chi connectivity index (χ3n) is 8.54. The number of ether oxygens (including phenoxy) is 2. The molecule has 2 saturated heterocycles. The summed E-state index contributed by atoms with van der Waals surface area (Å²) in [6.07, 6.45) is 8.09. The molecule has 5 nitrogen and oxygen atoms in total. The zero-order valence-corrected chi connectivity index (χ0v) is 22.6. The standard InChI is InChI=1S/C24H41BBrN2O3P/c1-30-16-18-8-6-14-27(18)32(25,28-15-7-9-19(28)17-31-2)23-13-5-11-21(23)24(29)20-10-3-4-12-22(20)26/h3-4,10,12,18-19,21,23-24,29,32H,5-9,11,13-17,25H2,1-2H3/t18-,19-,21+,23?,24-/m0/s1. The molecule has 2 aliphatic heterocycles. The summed E-state index contributed by atoms with van der Waals surface area (Å²) in [6.45, 7) is 3.97. The predicted octanol–water partition coefficient (Wildman–Crippen LogP) is 4.00. The summed E-state index contributed by atoms with van der Waals surface area (Å²) in [5, 5.41) is 11.7. The summed E-state index contributed by atoms with van der Waals surface area (Å²) >= 11 is 3.70. The molecule has 3 fully saturated rings. The van der Waals surface area contributed by atoms with E-state index < -0.39 is 13.5 Å². The summed E-state index contributed by atoms with van der Waals surface area (Å²) in [4.78, 5) is 0. The van der Waals surface area contributed by atoms with Gasteiger partial charge in [0.1, 0.15) is 0 Å². The van der Waals surface area contributed by atoms with Crippen LogP contribution in [0, 0.1) is 5.92 Å². The average Bonchev–Trinajstić information content (AvgIpc) is 3.55. The maximum atomic E-state index is 11.7. The Labute approximate surface area is 204 Å². The summed E-state index contributed by atoms with van der Waals surface area (Å²) < 4.78 is 18.2. The summed E-state index contributed by atoms with van der Waals surface area (Å²) in [7, 11) is 4.20. The Balaban J connectivity index is 1.71. The molecular formula is C24H41BBrN2O3P. The molecule has 0 amide bonds. The van der Waals surface area contributed by atoms with Gasteiger partial charge in [0, 0.05) is 0 Å². The number of hydrogen-bond donors (Lipinski definition) is 1. The van der Waals surface area contributed by atoms with Crippen LogP contribution in [0.2, 0.25) is 0 Å². The van der Waals surface area contributed by atoms with Crippen molar-refractivity contribution in [2.75, 3.05) is 40.5 Å². The number of aliphatic hydroxyl groups is 1. The Morgan fingerprint density at radius 2 is 1.59 bits per heavy atom. The predicted molar refractivity (Wildman–Crippen MR) is 140 cm³/mol. The van der Waals surface area contributed by atoms with E-state index in [1.54, 1.807) is 0 Å². The van der Waals surface area contributed by atoms with Gasteiger partial charge in [-0.2, -0.15) is 0 Å². The minimum atomic E-state index is -2.10. The second-order valence-corrected chi connectivity index (χ2v) is 15.1. The molecule has 1 N–H and O–H groups in total. The average molecular weight is 527 g/mol. The van der Waals surface area contributed by atoms with E-state index in [2.05, 4.69) is 45.0 Å². The van der Waals surface area contributed by atoms with E-state index in [0.29, 0.717) is 23.7 Å². The molecule has 8 heteroatoms. The number of halogens is 1. The Kier molecular flexibility index (Phi) is 8.75. The topological polar surface area (TPSA) is 45.2 Å². The second-order valence-electron chi connectivity index (χ2n) is 10.2. The first-order valence-electron chi connectivity index (χ1n) is 12.5. The fraction of sp³-hybridized carbons (Fsp3) is 0.750. The van der Waals surface area contributed by atoms with Gasteiger partial charge in [-0.15, -0.1) is 0 Å². The summed E-state index contributed by atoms with van der Waals surface area (Å²) in [5.41, 5.74) is 1.59. The summed E-state index contributed by atoms with van der Waals surface area (Å²) in [6, 6.07) is 9.24. The molecule has 0 bridgehead atoms. The van der Waals surface area contributed by atoms with Crippen molar-refractivity contribution in [3.8, 4) is 0 Å². The van der Waals surface area contributed by atoms with Crippen LogP contribution in [0.15, 0.2) is 28.7 Å². The Morgan fingerprint density at radius 3 is 2.16 bits per heavy atom. The van der Waals surface area contributed by atoms with E-state index in [4.69, 9.17) is 9.47 Å². The maximum absolute atomic E-state index is 11.7. The number of aliphatic hydroxyl groups excluding tert-OH is 1. The van der Waals surface area contributed by atoms with Crippen LogP contribution in [0.3, 0.4) is 0 Å². The van der Waals surface area contributed by atoms with Crippen molar-refractivity contribution in [3.63, 3.8) is 0 Å². The van der Waals surface area contributed by atoms with Gasteiger partial charge in [0.25, 0.3) is 0 Å². The van der Waals surface area contributed by atoms with Gasteiger partial charge in [-0.1, -0.05) is 0 Å². The van der Waals surface area contributed by atoms with Crippen molar-refractivity contribution >= 4 is 30.9 Å². The normalized spacial score (nSPS) is 31.4. The van der Waals surface area contributed by atoms with Crippen LogP contribution in [-0.2, 0) is 9.47 Å². The van der Waals surface area contributed by atoms with Gasteiger partial charge >= 0.3 is 204 Å². The Morgan fingerprint density at radius 1 is 1.00 bits per heavy atom. The molecule has 3 aliphatic rings. The Bertz CT molecular complexity index is 736. The van der Waals surface area contributed by atoms with Gasteiger partial charge in [-0.25, -0.2) is 0 Å². The molecule has 0 spiro atoms. The van der Waals surface area contributed by atoms with Gasteiger partial charge in [-0.3, -0.25) is 0 Å². The first-order chi connectivity index (χ1) is 15.5. The summed E-state index contributed by atoms with van der Waals surface area (Å²) in [5.74, 6) is 0.304. The molecule has 1 unspecified atom stereocenters. The molecule has 1 aromatic carbocycles. The van der Waals surface area contributed by atoms with E-state index in [1.165, 1.54) is 51.6 Å². The van der Waals surface area contributed by atoms with Crippen molar-refractivity contribution in [1.82, 2.24) is 9.34 Å². The van der Waals surface area contributed by atoms with Gasteiger partial charge in [0.15, 0.2) is 0 Å². The number of nitrogens with zero attached hydrogens (tertiary/aromatic N) is 2.